The second kappa shape index (κ2) is 8.86. The van der Waals surface area contributed by atoms with Gasteiger partial charge in [0.25, 0.3) is 0 Å². The number of rotatable bonds is 6. The van der Waals surface area contributed by atoms with Crippen molar-refractivity contribution in [2.45, 2.75) is 12.8 Å². The molecule has 8 nitrogen and oxygen atoms in total. The predicted molar refractivity (Wildman–Crippen MR) is 110 cm³/mol. The number of aromatic nitrogens is 3. The Labute approximate surface area is 171 Å². The molecule has 0 aliphatic carbocycles. The van der Waals surface area contributed by atoms with Crippen molar-refractivity contribution in [3.63, 3.8) is 0 Å². The minimum atomic E-state index is -0.476. The monoisotopic (exact) mass is 404 g/mol. The first-order chi connectivity index (χ1) is 14.0. The Bertz CT molecular complexity index is 1100. The maximum Gasteiger partial charge on any atom is 0.248 e. The average Bonchev–Trinajstić information content (AvgIpc) is 3.21. The van der Waals surface area contributed by atoms with Gasteiger partial charge in [-0.2, -0.15) is 5.26 Å². The van der Waals surface area contributed by atoms with Crippen LogP contribution in [-0.4, -0.2) is 26.8 Å². The van der Waals surface area contributed by atoms with Crippen LogP contribution in [0.1, 0.15) is 23.3 Å². The summed E-state index contributed by atoms with van der Waals surface area (Å²) >= 11 is 1.12. The van der Waals surface area contributed by atoms with E-state index < -0.39 is 5.92 Å². The minimum Gasteiger partial charge on any atom is -0.307 e. The molecule has 0 radical (unpaired) electrons. The summed E-state index contributed by atoms with van der Waals surface area (Å²) in [7, 11) is 0. The molecule has 1 unspecified atom stereocenters. The number of anilines is 2. The van der Waals surface area contributed by atoms with E-state index in [-0.39, 0.29) is 11.8 Å². The smallest absolute Gasteiger partial charge is 0.248 e. The van der Waals surface area contributed by atoms with E-state index in [4.69, 9.17) is 5.26 Å². The van der Waals surface area contributed by atoms with Crippen LogP contribution >= 0.6 is 11.3 Å². The van der Waals surface area contributed by atoms with Crippen molar-refractivity contribution < 1.29 is 9.59 Å². The number of thiazole rings is 1. The van der Waals surface area contributed by atoms with E-state index in [1.807, 2.05) is 12.1 Å². The molecule has 0 saturated heterocycles. The van der Waals surface area contributed by atoms with E-state index in [1.165, 1.54) is 12.3 Å². The molecule has 0 fully saturated rings. The molecule has 0 aliphatic heterocycles. The number of carbonyl (C=O) groups excluding carboxylic acids is 2. The maximum atomic E-state index is 12.5. The first-order valence-corrected chi connectivity index (χ1v) is 9.33. The second-order valence-corrected chi connectivity index (χ2v) is 7.02. The third-order valence-corrected chi connectivity index (χ3v) is 4.85. The molecule has 3 aromatic heterocycles. The van der Waals surface area contributed by atoms with Crippen molar-refractivity contribution in [1.29, 1.82) is 5.26 Å². The van der Waals surface area contributed by atoms with Crippen molar-refractivity contribution in [2.24, 2.45) is 0 Å². The van der Waals surface area contributed by atoms with Crippen LogP contribution in [0.2, 0.25) is 0 Å². The van der Waals surface area contributed by atoms with Crippen LogP contribution in [0.15, 0.2) is 55.6 Å². The summed E-state index contributed by atoms with van der Waals surface area (Å²) in [6.07, 6.45) is 7.50. The van der Waals surface area contributed by atoms with Gasteiger partial charge in [0, 0.05) is 29.7 Å². The largest absolute Gasteiger partial charge is 0.307 e. The molecule has 3 rings (SSSR count). The molecule has 1 atom stereocenters. The normalized spacial score (nSPS) is 11.2. The van der Waals surface area contributed by atoms with Crippen molar-refractivity contribution in [2.75, 3.05) is 10.6 Å². The maximum absolute atomic E-state index is 12.5. The summed E-state index contributed by atoms with van der Waals surface area (Å²) < 4.78 is 0. The van der Waals surface area contributed by atoms with Gasteiger partial charge in [0.05, 0.1) is 12.1 Å². The van der Waals surface area contributed by atoms with Crippen LogP contribution in [-0.2, 0) is 9.59 Å². The molecule has 9 heteroatoms. The van der Waals surface area contributed by atoms with Gasteiger partial charge in [-0.15, -0.1) is 0 Å². The van der Waals surface area contributed by atoms with Crippen LogP contribution in [0.3, 0.4) is 0 Å². The molecule has 0 aliphatic rings. The molecule has 29 heavy (non-hydrogen) atoms. The molecule has 144 valence electrons. The van der Waals surface area contributed by atoms with E-state index in [0.717, 1.165) is 28.0 Å². The molecule has 0 aromatic carbocycles. The summed E-state index contributed by atoms with van der Waals surface area (Å²) in [6.45, 7) is 5.16. The zero-order valence-electron chi connectivity index (χ0n) is 15.4. The Morgan fingerprint density at radius 1 is 1.17 bits per heavy atom. The third kappa shape index (κ3) is 4.88. The predicted octanol–water partition coefficient (Wildman–Crippen LogP) is 3.34. The number of hydrogen-bond acceptors (Lipinski definition) is 7. The van der Waals surface area contributed by atoms with Gasteiger partial charge >= 0.3 is 0 Å². The van der Waals surface area contributed by atoms with Gasteiger partial charge in [0.15, 0.2) is 5.13 Å². The van der Waals surface area contributed by atoms with Gasteiger partial charge in [-0.25, -0.2) is 9.97 Å². The lowest BCUT2D eigenvalue weighted by Gasteiger charge is -2.12. The fraction of sp³-hybridized carbons (Fsp3) is 0.100. The Morgan fingerprint density at radius 3 is 2.66 bits per heavy atom. The number of carbonyl (C=O) groups is 2. The highest BCUT2D eigenvalue weighted by atomic mass is 32.1. The highest BCUT2D eigenvalue weighted by Crippen LogP contribution is 2.25. The fourth-order valence-electron chi connectivity index (χ4n) is 2.42. The summed E-state index contributed by atoms with van der Waals surface area (Å²) in [5.41, 5.74) is 2.31. The van der Waals surface area contributed by atoms with Gasteiger partial charge in [0.1, 0.15) is 16.8 Å². The lowest BCUT2D eigenvalue weighted by Crippen LogP contribution is -2.18. The molecule has 0 bridgehead atoms. The minimum absolute atomic E-state index is 0.247. The van der Waals surface area contributed by atoms with Gasteiger partial charge in [0.2, 0.25) is 11.8 Å². The fourth-order valence-corrected chi connectivity index (χ4v) is 3.03. The van der Waals surface area contributed by atoms with Crippen LogP contribution in [0.25, 0.3) is 11.1 Å². The number of hydrogen-bond donors (Lipinski definition) is 2. The molecule has 3 heterocycles. The van der Waals surface area contributed by atoms with E-state index in [2.05, 4.69) is 32.2 Å². The first-order valence-electron chi connectivity index (χ1n) is 8.51. The Kier molecular flexibility index (Phi) is 6.06. The van der Waals surface area contributed by atoms with Crippen LogP contribution in [0.4, 0.5) is 10.9 Å². The Balaban J connectivity index is 1.74. The van der Waals surface area contributed by atoms with Gasteiger partial charge in [-0.05, 0) is 36.8 Å². The molecular formula is C20H16N6O2S. The molecule has 2 amide bonds. The topological polar surface area (TPSA) is 121 Å². The molecule has 0 saturated carbocycles. The number of nitrogens with one attached hydrogen (secondary N) is 2. The molecule has 0 spiro atoms. The van der Waals surface area contributed by atoms with Gasteiger partial charge in [-0.3, -0.25) is 14.6 Å². The summed E-state index contributed by atoms with van der Waals surface area (Å²) in [4.78, 5) is 36.7. The number of nitrogens with zero attached hydrogens (tertiary/aromatic N) is 4. The number of amides is 2. The second-order valence-electron chi connectivity index (χ2n) is 5.98. The van der Waals surface area contributed by atoms with Crippen LogP contribution < -0.4 is 10.6 Å². The highest BCUT2D eigenvalue weighted by molar-refractivity contribution is 7.16. The highest BCUT2D eigenvalue weighted by Gasteiger charge is 2.18. The zero-order valence-corrected chi connectivity index (χ0v) is 16.2. The quantitative estimate of drug-likeness (QED) is 0.608. The van der Waals surface area contributed by atoms with Gasteiger partial charge in [-0.1, -0.05) is 17.9 Å². The van der Waals surface area contributed by atoms with Gasteiger partial charge < -0.3 is 10.6 Å². The average molecular weight is 404 g/mol. The summed E-state index contributed by atoms with van der Waals surface area (Å²) in [6, 6.07) is 7.32. The molecule has 3 aromatic rings. The molecule has 2 N–H and O–H groups in total. The lowest BCUT2D eigenvalue weighted by atomic mass is 9.99. The summed E-state index contributed by atoms with van der Waals surface area (Å²) in [5.74, 6) is -0.647. The van der Waals surface area contributed by atoms with Crippen molar-refractivity contribution in [3.8, 4) is 17.2 Å². The van der Waals surface area contributed by atoms with E-state index in [9.17, 15) is 9.59 Å². The first kappa shape index (κ1) is 19.9. The lowest BCUT2D eigenvalue weighted by molar-refractivity contribution is -0.117. The number of nitriles is 1. The third-order valence-electron chi connectivity index (χ3n) is 4.03. The Morgan fingerprint density at radius 2 is 2.00 bits per heavy atom. The van der Waals surface area contributed by atoms with Crippen molar-refractivity contribution in [3.05, 3.63) is 66.1 Å². The molecular weight excluding hydrogens is 388 g/mol. The Hall–Kier alpha value is -3.90. The zero-order chi connectivity index (χ0) is 20.8. The van der Waals surface area contributed by atoms with E-state index in [0.29, 0.717) is 15.8 Å². The van der Waals surface area contributed by atoms with Crippen LogP contribution in [0, 0.1) is 11.3 Å². The van der Waals surface area contributed by atoms with Crippen molar-refractivity contribution in [1.82, 2.24) is 15.0 Å². The van der Waals surface area contributed by atoms with E-state index in [1.54, 1.807) is 37.6 Å². The summed E-state index contributed by atoms with van der Waals surface area (Å²) in [5, 5.41) is 14.5. The van der Waals surface area contributed by atoms with E-state index >= 15 is 0 Å². The number of pyridine rings is 2. The van der Waals surface area contributed by atoms with Crippen LogP contribution in [0.5, 0.6) is 0 Å². The standard InChI is InChI=1S/C20H16N6O2S/c1-3-18(27)25-17-5-4-13(10-23-17)15-6-14(8-22-9-15)12(2)19(28)26-20-24-11-16(7-21)29-20/h3-6,8-12H,1H2,2H3,(H,23,25,27)(H,24,26,28). The SMILES string of the molecule is C=CC(=O)Nc1ccc(-c2cncc(C(C)C(=O)Nc3ncc(C#N)s3)c2)cn1. The van der Waals surface area contributed by atoms with Crippen molar-refractivity contribution >= 4 is 34.1 Å².